The second-order valence-corrected chi connectivity index (χ2v) is 9.20. The maximum Gasteiger partial charge on any atom is 0.251 e. The number of fused-ring (bicyclic) bond motifs is 1. The first-order chi connectivity index (χ1) is 11.5. The Balaban J connectivity index is 1.49. The number of nitrogens with one attached hydrogen (secondary N) is 1. The molecule has 4 fully saturated rings. The number of hydrogen-bond donors (Lipinski definition) is 1. The topological polar surface area (TPSA) is 66.1 Å². The molecule has 2 saturated carbocycles. The second-order valence-electron chi connectivity index (χ2n) is 7.87. The minimum absolute atomic E-state index is 0.157. The summed E-state index contributed by atoms with van der Waals surface area (Å²) in [6.45, 7) is 4.67. The smallest absolute Gasteiger partial charge is 0.251 e. The molecule has 6 heteroatoms. The zero-order valence-electron chi connectivity index (χ0n) is 14.3. The Kier molecular flexibility index (Phi) is 4.19. The number of carbonyl (C=O) groups excluding carboxylic acids is 1. The number of aryl methyl sites for hydroxylation is 1. The van der Waals surface area contributed by atoms with E-state index in [1.807, 2.05) is 6.92 Å². The molecule has 4 aliphatic rings. The van der Waals surface area contributed by atoms with Crippen LogP contribution in [0.4, 0.5) is 0 Å². The van der Waals surface area contributed by atoms with Gasteiger partial charge in [-0.05, 0) is 63.7 Å². The summed E-state index contributed by atoms with van der Waals surface area (Å²) in [6, 6.07) is 1.90. The van der Waals surface area contributed by atoms with Crippen molar-refractivity contribution in [3.05, 3.63) is 22.1 Å². The summed E-state index contributed by atoms with van der Waals surface area (Å²) in [7, 11) is 0. The zero-order valence-corrected chi connectivity index (χ0v) is 15.1. The van der Waals surface area contributed by atoms with Crippen LogP contribution in [-0.2, 0) is 4.79 Å². The van der Waals surface area contributed by atoms with Crippen LogP contribution in [0.5, 0.6) is 0 Å². The van der Waals surface area contributed by atoms with E-state index in [0.717, 1.165) is 18.4 Å². The molecule has 3 heterocycles. The van der Waals surface area contributed by atoms with Gasteiger partial charge >= 0.3 is 0 Å². The highest BCUT2D eigenvalue weighted by Crippen LogP contribution is 2.47. The molecule has 2 aliphatic carbocycles. The van der Waals surface area contributed by atoms with Gasteiger partial charge in [0.1, 0.15) is 0 Å². The number of aromatic nitrogens is 2. The van der Waals surface area contributed by atoms with Crippen molar-refractivity contribution < 1.29 is 4.79 Å². The maximum atomic E-state index is 13.1. The van der Waals surface area contributed by atoms with E-state index in [4.69, 9.17) is 0 Å². The Bertz CT molecular complexity index is 690. The average Bonchev–Trinajstić information content (AvgIpc) is 2.69. The monoisotopic (exact) mass is 347 g/mol. The van der Waals surface area contributed by atoms with Crippen LogP contribution in [0.1, 0.15) is 44.7 Å². The van der Waals surface area contributed by atoms with Gasteiger partial charge in [-0.15, -0.1) is 0 Å². The van der Waals surface area contributed by atoms with Crippen molar-refractivity contribution in [2.45, 2.75) is 62.4 Å². The van der Waals surface area contributed by atoms with Crippen LogP contribution in [0.3, 0.4) is 0 Å². The fraction of sp³-hybridized carbons (Fsp3) is 0.722. The van der Waals surface area contributed by atoms with Gasteiger partial charge in [-0.25, -0.2) is 4.98 Å². The SMILES string of the molecule is Cc1cc(=O)[nH]c(S[C@H](C)C(=O)N2CC3C[C@@H]4CC2C[C@H](C3)C4)n1. The molecule has 2 aliphatic heterocycles. The van der Waals surface area contributed by atoms with Crippen LogP contribution in [0, 0.1) is 24.7 Å². The van der Waals surface area contributed by atoms with Gasteiger partial charge in [0.05, 0.1) is 5.25 Å². The number of thioether (sulfide) groups is 1. The molecule has 0 aromatic carbocycles. The fourth-order valence-corrected chi connectivity index (χ4v) is 6.04. The van der Waals surface area contributed by atoms with Crippen LogP contribution >= 0.6 is 11.8 Å². The number of amides is 1. The van der Waals surface area contributed by atoms with Crippen LogP contribution in [0.2, 0.25) is 0 Å². The lowest BCUT2D eigenvalue weighted by molar-refractivity contribution is -0.133. The maximum absolute atomic E-state index is 13.1. The van der Waals surface area contributed by atoms with Crippen LogP contribution in [0.15, 0.2) is 16.0 Å². The molecule has 2 saturated heterocycles. The fourth-order valence-electron chi connectivity index (χ4n) is 5.11. The normalized spacial score (nSPS) is 32.7. The summed E-state index contributed by atoms with van der Waals surface area (Å²) in [5.74, 6) is 2.58. The molecule has 1 aromatic rings. The summed E-state index contributed by atoms with van der Waals surface area (Å²) in [5, 5.41) is 0.326. The highest BCUT2D eigenvalue weighted by molar-refractivity contribution is 8.00. The first kappa shape index (κ1) is 16.2. The van der Waals surface area contributed by atoms with Gasteiger partial charge in [0, 0.05) is 24.3 Å². The molecule has 5 atom stereocenters. The molecule has 2 unspecified atom stereocenters. The molecule has 5 nitrogen and oxygen atoms in total. The van der Waals surface area contributed by atoms with Crippen molar-refractivity contribution in [1.29, 1.82) is 0 Å². The number of hydrogen-bond acceptors (Lipinski definition) is 4. The first-order valence-electron chi connectivity index (χ1n) is 9.03. The number of aromatic amines is 1. The highest BCUT2D eigenvalue weighted by Gasteiger charge is 2.44. The van der Waals surface area contributed by atoms with Gasteiger partial charge in [0.15, 0.2) is 5.16 Å². The number of carbonyl (C=O) groups is 1. The van der Waals surface area contributed by atoms with Crippen molar-refractivity contribution in [2.75, 3.05) is 6.54 Å². The minimum Gasteiger partial charge on any atom is -0.338 e. The average molecular weight is 347 g/mol. The third-order valence-corrected chi connectivity index (χ3v) is 6.85. The summed E-state index contributed by atoms with van der Waals surface area (Å²) in [5.41, 5.74) is 0.530. The summed E-state index contributed by atoms with van der Waals surface area (Å²) in [4.78, 5) is 33.9. The predicted octanol–water partition coefficient (Wildman–Crippen LogP) is 2.60. The van der Waals surface area contributed by atoms with Crippen molar-refractivity contribution >= 4 is 17.7 Å². The molecule has 1 amide bonds. The van der Waals surface area contributed by atoms with Crippen molar-refractivity contribution in [3.8, 4) is 0 Å². The second kappa shape index (κ2) is 6.21. The van der Waals surface area contributed by atoms with E-state index < -0.39 is 0 Å². The molecule has 1 N–H and O–H groups in total. The Morgan fingerprint density at radius 2 is 1.92 bits per heavy atom. The molecule has 0 radical (unpaired) electrons. The molecular formula is C18H25N3O2S. The first-order valence-corrected chi connectivity index (χ1v) is 9.91. The van der Waals surface area contributed by atoms with Gasteiger partial charge in [-0.2, -0.15) is 0 Å². The number of nitrogens with zero attached hydrogens (tertiary/aromatic N) is 2. The molecule has 4 bridgehead atoms. The third-order valence-electron chi connectivity index (χ3n) is 5.87. The van der Waals surface area contributed by atoms with Crippen molar-refractivity contribution in [2.24, 2.45) is 17.8 Å². The Morgan fingerprint density at radius 3 is 2.58 bits per heavy atom. The van der Waals surface area contributed by atoms with E-state index in [-0.39, 0.29) is 16.7 Å². The van der Waals surface area contributed by atoms with E-state index in [1.165, 1.54) is 49.9 Å². The molecule has 1 aromatic heterocycles. The van der Waals surface area contributed by atoms with Crippen LogP contribution in [0.25, 0.3) is 0 Å². The summed E-state index contributed by atoms with van der Waals surface area (Å²) in [6.07, 6.45) is 6.38. The van der Waals surface area contributed by atoms with E-state index >= 15 is 0 Å². The van der Waals surface area contributed by atoms with Gasteiger partial charge < -0.3 is 9.88 Å². The van der Waals surface area contributed by atoms with Gasteiger partial charge in [0.25, 0.3) is 5.56 Å². The molecule has 130 valence electrons. The van der Waals surface area contributed by atoms with Crippen LogP contribution < -0.4 is 5.56 Å². The number of H-pyrrole nitrogens is 1. The highest BCUT2D eigenvalue weighted by atomic mass is 32.2. The molecular weight excluding hydrogens is 322 g/mol. The largest absolute Gasteiger partial charge is 0.338 e. The molecule has 5 rings (SSSR count). The summed E-state index contributed by atoms with van der Waals surface area (Å²) >= 11 is 1.37. The Hall–Kier alpha value is -1.30. The summed E-state index contributed by atoms with van der Waals surface area (Å²) < 4.78 is 0. The van der Waals surface area contributed by atoms with Crippen molar-refractivity contribution in [3.63, 3.8) is 0 Å². The van der Waals surface area contributed by atoms with Gasteiger partial charge in [-0.3, -0.25) is 9.59 Å². The quantitative estimate of drug-likeness (QED) is 0.674. The zero-order chi connectivity index (χ0) is 16.8. The third kappa shape index (κ3) is 3.13. The Morgan fingerprint density at radius 1 is 1.25 bits per heavy atom. The lowest BCUT2D eigenvalue weighted by atomic mass is 9.68. The van der Waals surface area contributed by atoms with E-state index in [2.05, 4.69) is 14.9 Å². The van der Waals surface area contributed by atoms with Gasteiger partial charge in [-0.1, -0.05) is 11.8 Å². The Labute approximate surface area is 146 Å². The minimum atomic E-state index is -0.217. The number of rotatable bonds is 3. The van der Waals surface area contributed by atoms with Crippen molar-refractivity contribution in [1.82, 2.24) is 14.9 Å². The lowest BCUT2D eigenvalue weighted by Crippen LogP contribution is -2.45. The lowest BCUT2D eigenvalue weighted by Gasteiger charge is -2.39. The van der Waals surface area contributed by atoms with E-state index in [0.29, 0.717) is 22.8 Å². The van der Waals surface area contributed by atoms with Crippen LogP contribution in [-0.4, -0.2) is 38.6 Å². The standard InChI is InChI=1S/C18H25N3O2S/c1-10-3-16(22)20-18(19-10)24-11(2)17(23)21-9-14-5-12-4-13(6-14)8-15(21)7-12/h3,11-15H,4-9H2,1-2H3,(H,19,20,22)/t11-,12-,13+,14?,15?/m1/s1. The molecule has 0 spiro atoms. The van der Waals surface area contributed by atoms with E-state index in [9.17, 15) is 9.59 Å². The molecule has 24 heavy (non-hydrogen) atoms. The predicted molar refractivity (Wildman–Crippen MR) is 94.0 cm³/mol. The van der Waals surface area contributed by atoms with Gasteiger partial charge in [0.2, 0.25) is 5.91 Å². The van der Waals surface area contributed by atoms with E-state index in [1.54, 1.807) is 6.92 Å².